The molecular formula is C18H19N3O. The SMILES string of the molecule is CC(C)Cn1ccc2c(NC(=O)c3ccncc3)cccc21. The van der Waals surface area contributed by atoms with Crippen LogP contribution < -0.4 is 5.32 Å². The number of pyridine rings is 1. The molecule has 0 unspecified atom stereocenters. The summed E-state index contributed by atoms with van der Waals surface area (Å²) < 4.78 is 2.22. The van der Waals surface area contributed by atoms with Crippen molar-refractivity contribution in [2.45, 2.75) is 20.4 Å². The van der Waals surface area contributed by atoms with Crippen LogP contribution in [0.2, 0.25) is 0 Å². The van der Waals surface area contributed by atoms with E-state index >= 15 is 0 Å². The first-order chi connectivity index (χ1) is 10.6. The second-order valence-corrected chi connectivity index (χ2v) is 5.79. The molecule has 0 aliphatic heterocycles. The highest BCUT2D eigenvalue weighted by Crippen LogP contribution is 2.25. The predicted molar refractivity (Wildman–Crippen MR) is 89.0 cm³/mol. The molecule has 2 heterocycles. The van der Waals surface area contributed by atoms with Gasteiger partial charge >= 0.3 is 0 Å². The molecule has 0 radical (unpaired) electrons. The summed E-state index contributed by atoms with van der Waals surface area (Å²) in [5.41, 5.74) is 2.58. The van der Waals surface area contributed by atoms with Crippen LogP contribution in [0.3, 0.4) is 0 Å². The van der Waals surface area contributed by atoms with Crippen molar-refractivity contribution < 1.29 is 4.79 Å². The van der Waals surface area contributed by atoms with E-state index in [0.717, 1.165) is 23.1 Å². The number of rotatable bonds is 4. The highest BCUT2D eigenvalue weighted by Gasteiger charge is 2.10. The maximum atomic E-state index is 12.3. The van der Waals surface area contributed by atoms with Gasteiger partial charge in [0, 0.05) is 36.1 Å². The van der Waals surface area contributed by atoms with Crippen molar-refractivity contribution >= 4 is 22.5 Å². The normalized spacial score (nSPS) is 11.0. The van der Waals surface area contributed by atoms with E-state index in [0.29, 0.717) is 11.5 Å². The number of aromatic nitrogens is 2. The van der Waals surface area contributed by atoms with Crippen LogP contribution >= 0.6 is 0 Å². The Bertz CT molecular complexity index is 790. The standard InChI is InChI=1S/C18H19N3O/c1-13(2)12-21-11-8-15-16(4-3-5-17(15)21)20-18(22)14-6-9-19-10-7-14/h3-11,13H,12H2,1-2H3,(H,20,22). The van der Waals surface area contributed by atoms with Gasteiger partial charge in [-0.2, -0.15) is 0 Å². The van der Waals surface area contributed by atoms with Gasteiger partial charge in [0.25, 0.3) is 5.91 Å². The summed E-state index contributed by atoms with van der Waals surface area (Å²) in [6.45, 7) is 5.35. The Kier molecular flexibility index (Phi) is 3.92. The van der Waals surface area contributed by atoms with Gasteiger partial charge in [0.15, 0.2) is 0 Å². The van der Waals surface area contributed by atoms with Crippen molar-refractivity contribution in [3.63, 3.8) is 0 Å². The molecule has 0 aliphatic carbocycles. The van der Waals surface area contributed by atoms with Crippen LogP contribution in [0.25, 0.3) is 10.9 Å². The molecule has 2 aromatic heterocycles. The van der Waals surface area contributed by atoms with Crippen LogP contribution in [-0.2, 0) is 6.54 Å². The van der Waals surface area contributed by atoms with E-state index in [1.54, 1.807) is 24.5 Å². The summed E-state index contributed by atoms with van der Waals surface area (Å²) in [7, 11) is 0. The zero-order valence-electron chi connectivity index (χ0n) is 12.8. The molecule has 3 aromatic rings. The van der Waals surface area contributed by atoms with Crippen LogP contribution in [-0.4, -0.2) is 15.5 Å². The number of hydrogen-bond donors (Lipinski definition) is 1. The van der Waals surface area contributed by atoms with Crippen molar-refractivity contribution in [3.05, 3.63) is 60.6 Å². The van der Waals surface area contributed by atoms with Crippen molar-refractivity contribution in [3.8, 4) is 0 Å². The lowest BCUT2D eigenvalue weighted by Crippen LogP contribution is -2.12. The average molecular weight is 293 g/mol. The minimum absolute atomic E-state index is 0.119. The monoisotopic (exact) mass is 293 g/mol. The van der Waals surface area contributed by atoms with Gasteiger partial charge in [-0.3, -0.25) is 9.78 Å². The fourth-order valence-corrected chi connectivity index (χ4v) is 2.58. The minimum Gasteiger partial charge on any atom is -0.347 e. The number of anilines is 1. The molecule has 0 bridgehead atoms. The number of nitrogens with one attached hydrogen (secondary N) is 1. The summed E-state index contributed by atoms with van der Waals surface area (Å²) in [5.74, 6) is 0.456. The first kappa shape index (κ1) is 14.3. The van der Waals surface area contributed by atoms with E-state index in [9.17, 15) is 4.79 Å². The molecule has 4 heteroatoms. The van der Waals surface area contributed by atoms with Gasteiger partial charge in [0.2, 0.25) is 0 Å². The summed E-state index contributed by atoms with van der Waals surface area (Å²) in [5, 5.41) is 4.05. The predicted octanol–water partition coefficient (Wildman–Crippen LogP) is 3.94. The van der Waals surface area contributed by atoms with Gasteiger partial charge < -0.3 is 9.88 Å². The Hall–Kier alpha value is -2.62. The van der Waals surface area contributed by atoms with E-state index in [-0.39, 0.29) is 5.91 Å². The van der Waals surface area contributed by atoms with Crippen molar-refractivity contribution in [2.24, 2.45) is 5.92 Å². The molecule has 0 fully saturated rings. The molecule has 0 aliphatic rings. The number of hydrogen-bond acceptors (Lipinski definition) is 2. The lowest BCUT2D eigenvalue weighted by atomic mass is 10.2. The third kappa shape index (κ3) is 2.86. The minimum atomic E-state index is -0.119. The molecule has 4 nitrogen and oxygen atoms in total. The summed E-state index contributed by atoms with van der Waals surface area (Å²) in [6.07, 6.45) is 5.32. The Morgan fingerprint density at radius 3 is 2.68 bits per heavy atom. The van der Waals surface area contributed by atoms with E-state index in [1.165, 1.54) is 0 Å². The summed E-state index contributed by atoms with van der Waals surface area (Å²) in [4.78, 5) is 16.2. The first-order valence-electron chi connectivity index (χ1n) is 7.44. The van der Waals surface area contributed by atoms with Gasteiger partial charge in [0.1, 0.15) is 0 Å². The molecule has 22 heavy (non-hydrogen) atoms. The maximum absolute atomic E-state index is 12.3. The molecule has 1 amide bonds. The number of amides is 1. The molecule has 0 saturated carbocycles. The van der Waals surface area contributed by atoms with Gasteiger partial charge in [-0.25, -0.2) is 0 Å². The summed E-state index contributed by atoms with van der Waals surface area (Å²) in [6, 6.07) is 11.5. The Morgan fingerprint density at radius 2 is 1.95 bits per heavy atom. The second kappa shape index (κ2) is 6.02. The largest absolute Gasteiger partial charge is 0.347 e. The molecule has 1 N–H and O–H groups in total. The number of carbonyl (C=O) groups is 1. The molecule has 0 saturated heterocycles. The van der Waals surface area contributed by atoms with Crippen molar-refractivity contribution in [2.75, 3.05) is 5.32 Å². The number of carbonyl (C=O) groups excluding carboxylic acids is 1. The molecule has 1 aromatic carbocycles. The van der Waals surface area contributed by atoms with Crippen molar-refractivity contribution in [1.82, 2.24) is 9.55 Å². The molecule has 112 valence electrons. The molecular weight excluding hydrogens is 274 g/mol. The second-order valence-electron chi connectivity index (χ2n) is 5.79. The van der Waals surface area contributed by atoms with Crippen LogP contribution in [0.15, 0.2) is 55.0 Å². The van der Waals surface area contributed by atoms with Gasteiger partial charge in [-0.15, -0.1) is 0 Å². The Labute approximate surface area is 129 Å². The average Bonchev–Trinajstić information content (AvgIpc) is 2.92. The van der Waals surface area contributed by atoms with Crippen LogP contribution in [0.4, 0.5) is 5.69 Å². The van der Waals surface area contributed by atoms with Crippen LogP contribution in [0.1, 0.15) is 24.2 Å². The fourth-order valence-electron chi connectivity index (χ4n) is 2.58. The fraction of sp³-hybridized carbons (Fsp3) is 0.222. The van der Waals surface area contributed by atoms with Gasteiger partial charge in [-0.1, -0.05) is 19.9 Å². The van der Waals surface area contributed by atoms with Crippen LogP contribution in [0, 0.1) is 5.92 Å². The molecule has 0 atom stereocenters. The number of benzene rings is 1. The first-order valence-corrected chi connectivity index (χ1v) is 7.44. The topological polar surface area (TPSA) is 46.9 Å². The highest BCUT2D eigenvalue weighted by molar-refractivity contribution is 6.08. The van der Waals surface area contributed by atoms with Crippen LogP contribution in [0.5, 0.6) is 0 Å². The smallest absolute Gasteiger partial charge is 0.255 e. The Morgan fingerprint density at radius 1 is 1.18 bits per heavy atom. The zero-order valence-corrected chi connectivity index (χ0v) is 12.8. The maximum Gasteiger partial charge on any atom is 0.255 e. The van der Waals surface area contributed by atoms with E-state index < -0.39 is 0 Å². The van der Waals surface area contributed by atoms with Gasteiger partial charge in [-0.05, 0) is 36.2 Å². The quantitative estimate of drug-likeness (QED) is 0.792. The summed E-state index contributed by atoms with van der Waals surface area (Å²) >= 11 is 0. The number of fused-ring (bicyclic) bond motifs is 1. The zero-order chi connectivity index (χ0) is 15.5. The van der Waals surface area contributed by atoms with E-state index in [2.05, 4.69) is 47.0 Å². The third-order valence-corrected chi connectivity index (χ3v) is 3.57. The Balaban J connectivity index is 1.91. The molecule has 0 spiro atoms. The molecule has 3 rings (SSSR count). The lowest BCUT2D eigenvalue weighted by Gasteiger charge is -2.10. The number of nitrogens with zero attached hydrogens (tertiary/aromatic N) is 2. The highest BCUT2D eigenvalue weighted by atomic mass is 16.1. The third-order valence-electron chi connectivity index (χ3n) is 3.57. The van der Waals surface area contributed by atoms with Crippen molar-refractivity contribution in [1.29, 1.82) is 0 Å². The van der Waals surface area contributed by atoms with E-state index in [4.69, 9.17) is 0 Å². The van der Waals surface area contributed by atoms with Gasteiger partial charge in [0.05, 0.1) is 11.2 Å². The lowest BCUT2D eigenvalue weighted by molar-refractivity contribution is 0.102. The van der Waals surface area contributed by atoms with E-state index in [1.807, 2.05) is 12.1 Å².